The van der Waals surface area contributed by atoms with Crippen LogP contribution < -0.4 is 4.74 Å². The summed E-state index contributed by atoms with van der Waals surface area (Å²) in [7, 11) is 1.14. The smallest absolute Gasteiger partial charge is 0.419 e. The second-order valence-corrected chi connectivity index (χ2v) is 3.51. The molecule has 0 N–H and O–H groups in total. The van der Waals surface area contributed by atoms with E-state index in [1.54, 1.807) is 0 Å². The fourth-order valence-corrected chi connectivity index (χ4v) is 1.69. The van der Waals surface area contributed by atoms with Crippen LogP contribution >= 0.6 is 15.9 Å². The Balaban J connectivity index is 3.45. The molecule has 0 atom stereocenters. The van der Waals surface area contributed by atoms with E-state index in [4.69, 9.17) is 5.26 Å². The van der Waals surface area contributed by atoms with Gasteiger partial charge in [0.2, 0.25) is 0 Å². The van der Waals surface area contributed by atoms with Crippen molar-refractivity contribution in [2.45, 2.75) is 11.5 Å². The van der Waals surface area contributed by atoms with Gasteiger partial charge in [0.25, 0.3) is 0 Å². The molecule has 86 valence electrons. The third kappa shape index (κ3) is 2.47. The summed E-state index contributed by atoms with van der Waals surface area (Å²) in [5.41, 5.74) is -0.416. The zero-order chi connectivity index (χ0) is 12.3. The SMILES string of the molecule is COc1cc(C#N)c(CBr)cc1C(F)(F)F. The van der Waals surface area contributed by atoms with E-state index in [2.05, 4.69) is 20.7 Å². The summed E-state index contributed by atoms with van der Waals surface area (Å²) in [6.45, 7) is 0. The molecule has 0 bridgehead atoms. The number of rotatable bonds is 2. The molecule has 0 amide bonds. The van der Waals surface area contributed by atoms with Gasteiger partial charge in [-0.1, -0.05) is 15.9 Å². The van der Waals surface area contributed by atoms with Crippen LogP contribution in [-0.2, 0) is 11.5 Å². The average Bonchev–Trinajstić information content (AvgIpc) is 2.25. The van der Waals surface area contributed by atoms with Crippen molar-refractivity contribution in [1.29, 1.82) is 5.26 Å². The highest BCUT2D eigenvalue weighted by molar-refractivity contribution is 9.08. The molecule has 1 rings (SSSR count). The van der Waals surface area contributed by atoms with Crippen LogP contribution in [0.5, 0.6) is 5.75 Å². The molecular weight excluding hydrogens is 287 g/mol. The first-order chi connectivity index (χ1) is 7.43. The van der Waals surface area contributed by atoms with Crippen molar-refractivity contribution < 1.29 is 17.9 Å². The summed E-state index contributed by atoms with van der Waals surface area (Å²) in [5, 5.41) is 8.94. The molecule has 0 aliphatic rings. The van der Waals surface area contributed by atoms with Gasteiger partial charge in [-0.25, -0.2) is 0 Å². The molecule has 1 aromatic carbocycles. The highest BCUT2D eigenvalue weighted by Gasteiger charge is 2.35. The van der Waals surface area contributed by atoms with Crippen molar-refractivity contribution in [2.24, 2.45) is 0 Å². The van der Waals surface area contributed by atoms with E-state index in [0.29, 0.717) is 0 Å². The minimum absolute atomic E-state index is 0.168. The lowest BCUT2D eigenvalue weighted by Gasteiger charge is -2.13. The first-order valence-corrected chi connectivity index (χ1v) is 5.30. The Bertz CT molecular complexity index is 437. The molecule has 0 spiro atoms. The van der Waals surface area contributed by atoms with Gasteiger partial charge in [-0.2, -0.15) is 18.4 Å². The number of nitriles is 1. The van der Waals surface area contributed by atoms with Crippen LogP contribution in [0.25, 0.3) is 0 Å². The maximum atomic E-state index is 12.6. The molecule has 0 heterocycles. The maximum Gasteiger partial charge on any atom is 0.419 e. The summed E-state index contributed by atoms with van der Waals surface area (Å²) < 4.78 is 42.5. The summed E-state index contributed by atoms with van der Waals surface area (Å²) in [4.78, 5) is 0. The minimum Gasteiger partial charge on any atom is -0.496 e. The lowest BCUT2D eigenvalue weighted by Crippen LogP contribution is -2.09. The van der Waals surface area contributed by atoms with E-state index in [0.717, 1.165) is 19.2 Å². The maximum absolute atomic E-state index is 12.6. The largest absolute Gasteiger partial charge is 0.496 e. The molecule has 0 fully saturated rings. The zero-order valence-electron chi connectivity index (χ0n) is 8.23. The number of benzene rings is 1. The summed E-state index contributed by atoms with van der Waals surface area (Å²) >= 11 is 3.04. The minimum atomic E-state index is -4.49. The van der Waals surface area contributed by atoms with Crippen LogP contribution in [0.4, 0.5) is 13.2 Å². The number of methoxy groups -OCH3 is 1. The number of nitrogens with zero attached hydrogens (tertiary/aromatic N) is 1. The molecule has 6 heteroatoms. The second kappa shape index (κ2) is 4.74. The van der Waals surface area contributed by atoms with Gasteiger partial charge in [0.15, 0.2) is 0 Å². The number of hydrogen-bond acceptors (Lipinski definition) is 2. The molecule has 0 aliphatic heterocycles. The fraction of sp³-hybridized carbons (Fsp3) is 0.300. The molecule has 16 heavy (non-hydrogen) atoms. The Morgan fingerprint density at radius 2 is 2.06 bits per heavy atom. The Labute approximate surface area is 98.8 Å². The van der Waals surface area contributed by atoms with Gasteiger partial charge in [-0.15, -0.1) is 0 Å². The number of hydrogen-bond donors (Lipinski definition) is 0. The summed E-state index contributed by atoms with van der Waals surface area (Å²) in [5.74, 6) is -0.339. The van der Waals surface area contributed by atoms with Crippen LogP contribution in [0.1, 0.15) is 16.7 Å². The van der Waals surface area contributed by atoms with Gasteiger partial charge in [0.05, 0.1) is 24.3 Å². The number of alkyl halides is 4. The van der Waals surface area contributed by atoms with Crippen molar-refractivity contribution in [2.75, 3.05) is 7.11 Å². The third-order valence-corrected chi connectivity index (χ3v) is 2.60. The standard InChI is InChI=1S/C10H7BrF3NO/c1-16-9-3-7(5-15)6(4-11)2-8(9)10(12,13)14/h2-3H,4H2,1H3. The predicted octanol–water partition coefficient (Wildman–Crippen LogP) is 3.48. The van der Waals surface area contributed by atoms with Gasteiger partial charge >= 0.3 is 6.18 Å². The van der Waals surface area contributed by atoms with Gasteiger partial charge in [0, 0.05) is 5.33 Å². The molecule has 0 radical (unpaired) electrons. The van der Waals surface area contributed by atoms with E-state index >= 15 is 0 Å². The Kier molecular flexibility index (Phi) is 3.81. The Hall–Kier alpha value is -1.22. The van der Waals surface area contributed by atoms with Crippen molar-refractivity contribution >= 4 is 15.9 Å². The topological polar surface area (TPSA) is 33.0 Å². The third-order valence-electron chi connectivity index (χ3n) is 2.00. The van der Waals surface area contributed by atoms with Gasteiger partial charge in [-0.05, 0) is 17.7 Å². The quantitative estimate of drug-likeness (QED) is 0.782. The molecule has 1 aromatic rings. The Morgan fingerprint density at radius 3 is 2.44 bits per heavy atom. The monoisotopic (exact) mass is 293 g/mol. The molecule has 0 unspecified atom stereocenters. The van der Waals surface area contributed by atoms with E-state index in [-0.39, 0.29) is 22.2 Å². The number of halogens is 4. The summed E-state index contributed by atoms with van der Waals surface area (Å²) in [6, 6.07) is 3.84. The predicted molar refractivity (Wildman–Crippen MR) is 55.3 cm³/mol. The van der Waals surface area contributed by atoms with Gasteiger partial charge in [-0.3, -0.25) is 0 Å². The highest BCUT2D eigenvalue weighted by atomic mass is 79.9. The van der Waals surface area contributed by atoms with Crippen molar-refractivity contribution in [3.63, 3.8) is 0 Å². The lowest BCUT2D eigenvalue weighted by atomic mass is 10.0. The number of ether oxygens (including phenoxy) is 1. The lowest BCUT2D eigenvalue weighted by molar-refractivity contribution is -0.138. The second-order valence-electron chi connectivity index (χ2n) is 2.95. The fourth-order valence-electron chi connectivity index (χ4n) is 1.23. The average molecular weight is 294 g/mol. The normalized spacial score (nSPS) is 11.0. The van der Waals surface area contributed by atoms with E-state index in [1.807, 2.05) is 6.07 Å². The molecule has 0 saturated heterocycles. The first-order valence-electron chi connectivity index (χ1n) is 4.18. The Morgan fingerprint density at radius 1 is 1.44 bits per heavy atom. The van der Waals surface area contributed by atoms with Crippen LogP contribution in [-0.4, -0.2) is 7.11 Å². The van der Waals surface area contributed by atoms with Crippen molar-refractivity contribution in [1.82, 2.24) is 0 Å². The van der Waals surface area contributed by atoms with Gasteiger partial charge < -0.3 is 4.74 Å². The molecule has 0 aliphatic carbocycles. The van der Waals surface area contributed by atoms with Crippen LogP contribution in [0.2, 0.25) is 0 Å². The van der Waals surface area contributed by atoms with Crippen molar-refractivity contribution in [3.8, 4) is 11.8 Å². The molecular formula is C10H7BrF3NO. The molecule has 2 nitrogen and oxygen atoms in total. The van der Waals surface area contributed by atoms with Crippen LogP contribution in [0.3, 0.4) is 0 Å². The zero-order valence-corrected chi connectivity index (χ0v) is 9.82. The molecule has 0 saturated carbocycles. The first kappa shape index (κ1) is 12.8. The van der Waals surface area contributed by atoms with E-state index in [1.165, 1.54) is 0 Å². The van der Waals surface area contributed by atoms with E-state index in [9.17, 15) is 13.2 Å². The highest BCUT2D eigenvalue weighted by Crippen LogP contribution is 2.38. The van der Waals surface area contributed by atoms with Crippen LogP contribution in [0.15, 0.2) is 12.1 Å². The summed E-state index contributed by atoms with van der Waals surface area (Å²) in [6.07, 6.45) is -4.49. The van der Waals surface area contributed by atoms with E-state index < -0.39 is 11.7 Å². The van der Waals surface area contributed by atoms with Crippen molar-refractivity contribution in [3.05, 3.63) is 28.8 Å². The van der Waals surface area contributed by atoms with Gasteiger partial charge in [0.1, 0.15) is 5.75 Å². The molecule has 0 aromatic heterocycles. The van der Waals surface area contributed by atoms with Crippen LogP contribution in [0, 0.1) is 11.3 Å².